The molecule has 1 atom stereocenters. The molecule has 1 aliphatic heterocycles. The predicted molar refractivity (Wildman–Crippen MR) is 118 cm³/mol. The zero-order valence-corrected chi connectivity index (χ0v) is 18.9. The first kappa shape index (κ1) is 22.7. The van der Waals surface area contributed by atoms with Crippen molar-refractivity contribution in [3.8, 4) is 17.2 Å². The number of anilines is 3. The van der Waals surface area contributed by atoms with Gasteiger partial charge in [-0.1, -0.05) is 11.6 Å². The Balaban J connectivity index is 1.84. The Morgan fingerprint density at radius 3 is 2.55 bits per heavy atom. The monoisotopic (exact) mass is 450 g/mol. The zero-order valence-electron chi connectivity index (χ0n) is 18.1. The van der Waals surface area contributed by atoms with Gasteiger partial charge in [-0.3, -0.25) is 4.79 Å². The van der Waals surface area contributed by atoms with Crippen LogP contribution in [0, 0.1) is 5.92 Å². The Labute approximate surface area is 186 Å². The number of halogens is 1. The van der Waals surface area contributed by atoms with Crippen molar-refractivity contribution in [3.05, 3.63) is 23.4 Å². The van der Waals surface area contributed by atoms with Crippen molar-refractivity contribution >= 4 is 35.0 Å². The minimum atomic E-state index is -0.203. The number of hydrogen-bond acceptors (Lipinski definition) is 9. The van der Waals surface area contributed by atoms with E-state index in [2.05, 4.69) is 15.3 Å². The van der Waals surface area contributed by atoms with Gasteiger partial charge in [0.15, 0.2) is 17.3 Å². The van der Waals surface area contributed by atoms with Crippen molar-refractivity contribution in [1.82, 2.24) is 9.97 Å². The van der Waals surface area contributed by atoms with Gasteiger partial charge in [-0.05, 0) is 19.8 Å². The molecule has 0 spiro atoms. The molecule has 2 heterocycles. The molecule has 0 aliphatic carbocycles. The first-order valence-electron chi connectivity index (χ1n) is 10.0. The summed E-state index contributed by atoms with van der Waals surface area (Å²) in [6, 6.07) is 3.52. The molecule has 1 aromatic carbocycles. The first-order chi connectivity index (χ1) is 15.0. The van der Waals surface area contributed by atoms with E-state index in [-0.39, 0.29) is 11.9 Å². The smallest absolute Gasteiger partial charge is 0.310 e. The number of nitrogens with one attached hydrogen (secondary N) is 1. The van der Waals surface area contributed by atoms with Gasteiger partial charge in [0.25, 0.3) is 0 Å². The van der Waals surface area contributed by atoms with Gasteiger partial charge < -0.3 is 29.2 Å². The predicted octanol–water partition coefficient (Wildman–Crippen LogP) is 3.68. The highest BCUT2D eigenvalue weighted by molar-refractivity contribution is 6.32. The molecular formula is C21H27ClN4O5. The Morgan fingerprint density at radius 1 is 1.23 bits per heavy atom. The Morgan fingerprint density at radius 2 is 1.94 bits per heavy atom. The van der Waals surface area contributed by atoms with Gasteiger partial charge in [0.2, 0.25) is 11.7 Å². The fourth-order valence-electron chi connectivity index (χ4n) is 3.54. The lowest BCUT2D eigenvalue weighted by atomic mass is 9.98. The Hall–Kier alpha value is -2.94. The standard InChI is InChI=1S/C21H27ClN4O5/c1-5-31-20(27)13-7-6-8-26(12-13)19-15(22)11-23-21(25-19)24-14-9-16(28-2)18(30-4)17(10-14)29-3/h9-11,13H,5-8,12H2,1-4H3,(H,23,24,25)/t13-/m0/s1. The second-order valence-corrected chi connectivity index (χ2v) is 7.35. The number of ether oxygens (including phenoxy) is 4. The molecule has 10 heteroatoms. The van der Waals surface area contributed by atoms with Crippen molar-refractivity contribution in [2.45, 2.75) is 19.8 Å². The van der Waals surface area contributed by atoms with Crippen molar-refractivity contribution < 1.29 is 23.7 Å². The fourth-order valence-corrected chi connectivity index (χ4v) is 3.76. The van der Waals surface area contributed by atoms with E-state index in [0.29, 0.717) is 52.9 Å². The molecule has 0 bridgehead atoms. The third kappa shape index (κ3) is 5.22. The quantitative estimate of drug-likeness (QED) is 0.604. The molecule has 1 saturated heterocycles. The molecule has 1 fully saturated rings. The molecule has 168 valence electrons. The molecule has 0 amide bonds. The molecular weight excluding hydrogens is 424 g/mol. The summed E-state index contributed by atoms with van der Waals surface area (Å²) in [6.07, 6.45) is 3.17. The molecule has 31 heavy (non-hydrogen) atoms. The second-order valence-electron chi connectivity index (χ2n) is 6.94. The van der Waals surface area contributed by atoms with E-state index in [1.54, 1.807) is 40.4 Å². The molecule has 2 aromatic rings. The summed E-state index contributed by atoms with van der Waals surface area (Å²) in [6.45, 7) is 3.42. The highest BCUT2D eigenvalue weighted by Gasteiger charge is 2.29. The average molecular weight is 451 g/mol. The number of piperidine rings is 1. The maximum atomic E-state index is 12.2. The largest absolute Gasteiger partial charge is 0.493 e. The molecule has 3 rings (SSSR count). The van der Waals surface area contributed by atoms with E-state index in [1.165, 1.54) is 6.20 Å². The van der Waals surface area contributed by atoms with Crippen LogP contribution in [-0.4, -0.2) is 57.0 Å². The van der Waals surface area contributed by atoms with Gasteiger partial charge in [0.05, 0.1) is 40.1 Å². The number of methoxy groups -OCH3 is 3. The van der Waals surface area contributed by atoms with Gasteiger partial charge in [-0.15, -0.1) is 0 Å². The third-order valence-electron chi connectivity index (χ3n) is 4.99. The topological polar surface area (TPSA) is 95.0 Å². The number of carbonyl (C=O) groups excluding carboxylic acids is 1. The minimum absolute atomic E-state index is 0.187. The molecule has 1 N–H and O–H groups in total. The fraction of sp³-hybridized carbons (Fsp3) is 0.476. The van der Waals surface area contributed by atoms with E-state index in [4.69, 9.17) is 30.5 Å². The van der Waals surface area contributed by atoms with Crippen LogP contribution in [0.1, 0.15) is 19.8 Å². The van der Waals surface area contributed by atoms with Crippen LogP contribution in [0.15, 0.2) is 18.3 Å². The average Bonchev–Trinajstić information content (AvgIpc) is 2.79. The number of benzene rings is 1. The SMILES string of the molecule is CCOC(=O)[C@H]1CCCN(c2nc(Nc3cc(OC)c(OC)c(OC)c3)ncc2Cl)C1. The summed E-state index contributed by atoms with van der Waals surface area (Å²) in [5.74, 6) is 2.04. The lowest BCUT2D eigenvalue weighted by Gasteiger charge is -2.32. The van der Waals surface area contributed by atoms with Crippen molar-refractivity contribution in [2.24, 2.45) is 5.92 Å². The van der Waals surface area contributed by atoms with Crippen molar-refractivity contribution in [2.75, 3.05) is 51.2 Å². The Bertz CT molecular complexity index is 902. The number of rotatable bonds is 8. The number of hydrogen-bond donors (Lipinski definition) is 1. The van der Waals surface area contributed by atoms with Crippen LogP contribution in [0.5, 0.6) is 17.2 Å². The van der Waals surface area contributed by atoms with Gasteiger partial charge in [0, 0.05) is 30.9 Å². The lowest BCUT2D eigenvalue weighted by Crippen LogP contribution is -2.40. The van der Waals surface area contributed by atoms with E-state index >= 15 is 0 Å². The lowest BCUT2D eigenvalue weighted by molar-refractivity contribution is -0.148. The first-order valence-corrected chi connectivity index (χ1v) is 10.4. The maximum absolute atomic E-state index is 12.2. The second kappa shape index (κ2) is 10.4. The van der Waals surface area contributed by atoms with E-state index in [0.717, 1.165) is 19.4 Å². The number of nitrogens with zero attached hydrogens (tertiary/aromatic N) is 3. The van der Waals surface area contributed by atoms with Crippen molar-refractivity contribution in [1.29, 1.82) is 0 Å². The van der Waals surface area contributed by atoms with Crippen LogP contribution >= 0.6 is 11.6 Å². The summed E-state index contributed by atoms with van der Waals surface area (Å²) < 4.78 is 21.3. The maximum Gasteiger partial charge on any atom is 0.310 e. The van der Waals surface area contributed by atoms with E-state index in [1.807, 2.05) is 4.90 Å². The van der Waals surface area contributed by atoms with E-state index in [9.17, 15) is 4.79 Å². The van der Waals surface area contributed by atoms with Gasteiger partial charge >= 0.3 is 5.97 Å². The van der Waals surface area contributed by atoms with Crippen LogP contribution in [0.3, 0.4) is 0 Å². The Kier molecular flexibility index (Phi) is 7.62. The number of esters is 1. The molecule has 0 radical (unpaired) electrons. The summed E-state index contributed by atoms with van der Waals surface area (Å²) in [5.41, 5.74) is 0.658. The summed E-state index contributed by atoms with van der Waals surface area (Å²) in [4.78, 5) is 23.0. The molecule has 9 nitrogen and oxygen atoms in total. The van der Waals surface area contributed by atoms with Crippen molar-refractivity contribution in [3.63, 3.8) is 0 Å². The van der Waals surface area contributed by atoms with Crippen LogP contribution in [0.2, 0.25) is 5.02 Å². The van der Waals surface area contributed by atoms with Crippen LogP contribution in [0.4, 0.5) is 17.5 Å². The van der Waals surface area contributed by atoms with Crippen LogP contribution in [-0.2, 0) is 9.53 Å². The molecule has 0 unspecified atom stereocenters. The molecule has 0 saturated carbocycles. The third-order valence-corrected chi connectivity index (χ3v) is 5.25. The summed E-state index contributed by atoms with van der Waals surface area (Å²) >= 11 is 6.39. The van der Waals surface area contributed by atoms with Gasteiger partial charge in [-0.2, -0.15) is 4.98 Å². The molecule has 1 aliphatic rings. The highest BCUT2D eigenvalue weighted by Crippen LogP contribution is 2.40. The zero-order chi connectivity index (χ0) is 22.4. The number of aromatic nitrogens is 2. The summed E-state index contributed by atoms with van der Waals surface area (Å²) in [7, 11) is 4.65. The van der Waals surface area contributed by atoms with Gasteiger partial charge in [-0.25, -0.2) is 4.98 Å². The normalized spacial score (nSPS) is 15.9. The van der Waals surface area contributed by atoms with Crippen LogP contribution in [0.25, 0.3) is 0 Å². The van der Waals surface area contributed by atoms with E-state index < -0.39 is 0 Å². The van der Waals surface area contributed by atoms with Crippen LogP contribution < -0.4 is 24.4 Å². The highest BCUT2D eigenvalue weighted by atomic mass is 35.5. The minimum Gasteiger partial charge on any atom is -0.493 e. The summed E-state index contributed by atoms with van der Waals surface area (Å²) in [5, 5.41) is 3.57. The molecule has 1 aromatic heterocycles. The van der Waals surface area contributed by atoms with Gasteiger partial charge in [0.1, 0.15) is 5.02 Å². The number of carbonyl (C=O) groups is 1.